The molecule has 1 aliphatic heterocycles. The van der Waals surface area contributed by atoms with Gasteiger partial charge in [-0.25, -0.2) is 4.79 Å². The molecule has 27 heavy (non-hydrogen) atoms. The minimum absolute atomic E-state index is 0.330. The molecule has 1 fully saturated rings. The maximum Gasteiger partial charge on any atom is 0.325 e. The van der Waals surface area contributed by atoms with Crippen molar-refractivity contribution in [3.63, 3.8) is 0 Å². The van der Waals surface area contributed by atoms with E-state index in [0.717, 1.165) is 17.7 Å². The number of anilines is 1. The van der Waals surface area contributed by atoms with Gasteiger partial charge < -0.3 is 10.6 Å². The predicted octanol–water partition coefficient (Wildman–Crippen LogP) is 3.04. The molecule has 140 valence electrons. The van der Waals surface area contributed by atoms with Crippen molar-refractivity contribution in [3.8, 4) is 0 Å². The summed E-state index contributed by atoms with van der Waals surface area (Å²) in [6, 6.07) is 16.0. The lowest BCUT2D eigenvalue weighted by Gasteiger charge is -2.22. The maximum absolute atomic E-state index is 12.8. The summed E-state index contributed by atoms with van der Waals surface area (Å²) in [6.07, 6.45) is 2.03. The molecule has 0 spiro atoms. The van der Waals surface area contributed by atoms with Gasteiger partial charge in [0.05, 0.1) is 0 Å². The molecule has 1 unspecified atom stereocenters. The SMILES string of the molecule is CCCc1ccc(NC(=O)CN2C(=O)NC(C)(c3ccccc3)C2=O)cc1. The van der Waals surface area contributed by atoms with Gasteiger partial charge in [-0.3, -0.25) is 14.5 Å². The van der Waals surface area contributed by atoms with E-state index in [9.17, 15) is 14.4 Å². The highest BCUT2D eigenvalue weighted by molar-refractivity contribution is 6.10. The predicted molar refractivity (Wildman–Crippen MR) is 103 cm³/mol. The van der Waals surface area contributed by atoms with E-state index < -0.39 is 23.4 Å². The molecule has 1 aliphatic rings. The number of nitrogens with one attached hydrogen (secondary N) is 2. The van der Waals surface area contributed by atoms with E-state index in [0.29, 0.717) is 11.3 Å². The normalized spacial score (nSPS) is 19.1. The van der Waals surface area contributed by atoms with Gasteiger partial charge in [-0.1, -0.05) is 55.8 Å². The number of imide groups is 1. The van der Waals surface area contributed by atoms with E-state index in [4.69, 9.17) is 0 Å². The lowest BCUT2D eigenvalue weighted by atomic mass is 9.92. The first-order valence-corrected chi connectivity index (χ1v) is 9.02. The Morgan fingerprint density at radius 1 is 1.07 bits per heavy atom. The number of hydrogen-bond donors (Lipinski definition) is 2. The van der Waals surface area contributed by atoms with Gasteiger partial charge >= 0.3 is 6.03 Å². The number of carbonyl (C=O) groups is 3. The third-order valence-electron chi connectivity index (χ3n) is 4.70. The van der Waals surface area contributed by atoms with Crippen LogP contribution in [0.4, 0.5) is 10.5 Å². The van der Waals surface area contributed by atoms with Gasteiger partial charge in [0.2, 0.25) is 5.91 Å². The summed E-state index contributed by atoms with van der Waals surface area (Å²) in [5.74, 6) is -0.855. The molecule has 1 heterocycles. The minimum Gasteiger partial charge on any atom is -0.325 e. The van der Waals surface area contributed by atoms with Crippen LogP contribution in [0.2, 0.25) is 0 Å². The van der Waals surface area contributed by atoms with Crippen LogP contribution in [0.15, 0.2) is 54.6 Å². The van der Waals surface area contributed by atoms with Gasteiger partial charge in [-0.05, 0) is 36.6 Å². The molecule has 0 radical (unpaired) electrons. The fourth-order valence-electron chi connectivity index (χ4n) is 3.20. The van der Waals surface area contributed by atoms with Crippen LogP contribution in [0.25, 0.3) is 0 Å². The van der Waals surface area contributed by atoms with E-state index >= 15 is 0 Å². The Morgan fingerprint density at radius 2 is 1.74 bits per heavy atom. The first-order chi connectivity index (χ1) is 12.9. The number of rotatable bonds is 6. The molecule has 4 amide bonds. The van der Waals surface area contributed by atoms with Crippen LogP contribution in [0.3, 0.4) is 0 Å². The average Bonchev–Trinajstić information content (AvgIpc) is 2.88. The van der Waals surface area contributed by atoms with E-state index in [1.807, 2.05) is 30.3 Å². The second kappa shape index (κ2) is 7.61. The topological polar surface area (TPSA) is 78.5 Å². The molecular formula is C21H23N3O3. The van der Waals surface area contributed by atoms with Crippen molar-refractivity contribution in [2.75, 3.05) is 11.9 Å². The Morgan fingerprint density at radius 3 is 2.37 bits per heavy atom. The standard InChI is InChI=1S/C21H23N3O3/c1-3-7-15-10-12-17(13-11-15)22-18(25)14-24-19(26)21(2,23-20(24)27)16-8-5-4-6-9-16/h4-6,8-13H,3,7,14H2,1-2H3,(H,22,25)(H,23,27). The molecule has 1 atom stereocenters. The summed E-state index contributed by atoms with van der Waals surface area (Å²) in [5.41, 5.74) is 1.35. The number of carbonyl (C=O) groups excluding carboxylic acids is 3. The van der Waals surface area contributed by atoms with E-state index in [2.05, 4.69) is 17.6 Å². The molecule has 6 heteroatoms. The number of nitrogens with zero attached hydrogens (tertiary/aromatic N) is 1. The second-order valence-electron chi connectivity index (χ2n) is 6.81. The second-order valence-corrected chi connectivity index (χ2v) is 6.81. The van der Waals surface area contributed by atoms with Crippen molar-refractivity contribution in [1.29, 1.82) is 0 Å². The molecule has 0 aliphatic carbocycles. The van der Waals surface area contributed by atoms with Crippen molar-refractivity contribution in [2.24, 2.45) is 0 Å². The highest BCUT2D eigenvalue weighted by Gasteiger charge is 2.49. The van der Waals surface area contributed by atoms with Crippen LogP contribution in [0.5, 0.6) is 0 Å². The van der Waals surface area contributed by atoms with Gasteiger partial charge in [0, 0.05) is 5.69 Å². The van der Waals surface area contributed by atoms with Crippen molar-refractivity contribution >= 4 is 23.5 Å². The van der Waals surface area contributed by atoms with Crippen LogP contribution in [0.1, 0.15) is 31.4 Å². The Balaban J connectivity index is 1.67. The van der Waals surface area contributed by atoms with Gasteiger partial charge in [-0.2, -0.15) is 0 Å². The molecule has 6 nitrogen and oxygen atoms in total. The van der Waals surface area contributed by atoms with Gasteiger partial charge in [0.15, 0.2) is 0 Å². The molecule has 3 rings (SSSR count). The summed E-state index contributed by atoms with van der Waals surface area (Å²) >= 11 is 0. The first kappa shape index (κ1) is 18.6. The fourth-order valence-corrected chi connectivity index (χ4v) is 3.20. The fraction of sp³-hybridized carbons (Fsp3) is 0.286. The van der Waals surface area contributed by atoms with Crippen LogP contribution < -0.4 is 10.6 Å². The number of aryl methyl sites for hydroxylation is 1. The highest BCUT2D eigenvalue weighted by atomic mass is 16.2. The smallest absolute Gasteiger partial charge is 0.325 e. The Kier molecular flexibility index (Phi) is 5.26. The molecule has 2 aromatic carbocycles. The zero-order chi connectivity index (χ0) is 19.4. The van der Waals surface area contributed by atoms with E-state index in [-0.39, 0.29) is 6.54 Å². The summed E-state index contributed by atoms with van der Waals surface area (Å²) in [5, 5.41) is 5.43. The van der Waals surface area contributed by atoms with E-state index in [1.54, 1.807) is 31.2 Å². The van der Waals surface area contributed by atoms with Crippen LogP contribution >= 0.6 is 0 Å². The first-order valence-electron chi connectivity index (χ1n) is 9.02. The zero-order valence-corrected chi connectivity index (χ0v) is 15.5. The number of amides is 4. The third-order valence-corrected chi connectivity index (χ3v) is 4.70. The molecule has 1 saturated heterocycles. The number of hydrogen-bond acceptors (Lipinski definition) is 3. The molecule has 2 N–H and O–H groups in total. The third kappa shape index (κ3) is 3.84. The quantitative estimate of drug-likeness (QED) is 0.773. The molecular weight excluding hydrogens is 342 g/mol. The largest absolute Gasteiger partial charge is 0.325 e. The molecule has 2 aromatic rings. The summed E-state index contributed by atoms with van der Waals surface area (Å²) in [6.45, 7) is 3.42. The monoisotopic (exact) mass is 365 g/mol. The zero-order valence-electron chi connectivity index (χ0n) is 15.5. The summed E-state index contributed by atoms with van der Waals surface area (Å²) in [7, 11) is 0. The minimum atomic E-state index is -1.17. The number of benzene rings is 2. The summed E-state index contributed by atoms with van der Waals surface area (Å²) < 4.78 is 0. The van der Waals surface area contributed by atoms with Crippen molar-refractivity contribution in [3.05, 3.63) is 65.7 Å². The number of urea groups is 1. The lowest BCUT2D eigenvalue weighted by Crippen LogP contribution is -2.42. The van der Waals surface area contributed by atoms with Crippen molar-refractivity contribution in [1.82, 2.24) is 10.2 Å². The summed E-state index contributed by atoms with van der Waals surface area (Å²) in [4.78, 5) is 38.4. The van der Waals surface area contributed by atoms with Gasteiger partial charge in [0.1, 0.15) is 12.1 Å². The van der Waals surface area contributed by atoms with Crippen LogP contribution in [0, 0.1) is 0 Å². The highest BCUT2D eigenvalue weighted by Crippen LogP contribution is 2.28. The maximum atomic E-state index is 12.8. The van der Waals surface area contributed by atoms with Gasteiger partial charge in [0.25, 0.3) is 5.91 Å². The Hall–Kier alpha value is -3.15. The Bertz CT molecular complexity index is 849. The molecule has 0 aromatic heterocycles. The van der Waals surface area contributed by atoms with Crippen LogP contribution in [-0.2, 0) is 21.5 Å². The average molecular weight is 365 g/mol. The molecule has 0 saturated carbocycles. The lowest BCUT2D eigenvalue weighted by molar-refractivity contribution is -0.133. The van der Waals surface area contributed by atoms with Gasteiger partial charge in [-0.15, -0.1) is 0 Å². The van der Waals surface area contributed by atoms with Crippen molar-refractivity contribution < 1.29 is 14.4 Å². The van der Waals surface area contributed by atoms with E-state index in [1.165, 1.54) is 5.56 Å². The van der Waals surface area contributed by atoms with Crippen molar-refractivity contribution in [2.45, 2.75) is 32.2 Å². The Labute approximate surface area is 158 Å². The molecule has 0 bridgehead atoms. The van der Waals surface area contributed by atoms with Crippen LogP contribution in [-0.4, -0.2) is 29.3 Å².